The van der Waals surface area contributed by atoms with Gasteiger partial charge in [0.15, 0.2) is 0 Å². The maximum atomic E-state index is 11.7. The highest BCUT2D eigenvalue weighted by Crippen LogP contribution is 2.31. The maximum absolute atomic E-state index is 11.7. The van der Waals surface area contributed by atoms with Crippen LogP contribution in [0.4, 0.5) is 0 Å². The van der Waals surface area contributed by atoms with E-state index in [0.717, 1.165) is 46.6 Å². The van der Waals surface area contributed by atoms with Crippen molar-refractivity contribution in [2.24, 2.45) is 0 Å². The van der Waals surface area contributed by atoms with E-state index in [1.165, 1.54) is 77.0 Å². The number of hydrogen-bond acceptors (Lipinski definition) is 4. The third-order valence-corrected chi connectivity index (χ3v) is 7.56. The third-order valence-electron chi connectivity index (χ3n) is 7.56. The van der Waals surface area contributed by atoms with E-state index in [2.05, 4.69) is 36.9 Å². The third kappa shape index (κ3) is 9.71. The van der Waals surface area contributed by atoms with Gasteiger partial charge in [-0.15, -0.1) is 0 Å². The Morgan fingerprint density at radius 2 is 1.37 bits per heavy atom. The van der Waals surface area contributed by atoms with Gasteiger partial charge in [-0.25, -0.2) is 4.98 Å². The van der Waals surface area contributed by atoms with Crippen LogP contribution in [0.2, 0.25) is 0 Å². The van der Waals surface area contributed by atoms with Crippen LogP contribution in [0.15, 0.2) is 54.6 Å². The molecule has 0 aliphatic rings. The lowest BCUT2D eigenvalue weighted by atomic mass is 9.99. The molecule has 2 aromatic carbocycles. The maximum Gasteiger partial charge on any atom is 0.119 e. The van der Waals surface area contributed by atoms with Crippen molar-refractivity contribution in [3.8, 4) is 17.0 Å². The highest BCUT2D eigenvalue weighted by atomic mass is 16.5. The Balaban J connectivity index is 1.77. The number of fused-ring (bicyclic) bond motifs is 1. The summed E-state index contributed by atoms with van der Waals surface area (Å²) >= 11 is 0. The molecule has 0 saturated carbocycles. The van der Waals surface area contributed by atoms with Crippen molar-refractivity contribution in [3.05, 3.63) is 60.2 Å². The van der Waals surface area contributed by atoms with Crippen molar-refractivity contribution in [2.45, 2.75) is 97.0 Å². The van der Waals surface area contributed by atoms with E-state index in [9.17, 15) is 5.11 Å². The second-order valence-corrected chi connectivity index (χ2v) is 10.7. The summed E-state index contributed by atoms with van der Waals surface area (Å²) in [6.45, 7) is 7.29. The van der Waals surface area contributed by atoms with Gasteiger partial charge in [-0.2, -0.15) is 0 Å². The predicted octanol–water partition coefficient (Wildman–Crippen LogP) is 8.97. The van der Waals surface area contributed by atoms with Crippen LogP contribution < -0.4 is 4.74 Å². The zero-order valence-corrected chi connectivity index (χ0v) is 24.1. The molecule has 4 nitrogen and oxygen atoms in total. The lowest BCUT2D eigenvalue weighted by Crippen LogP contribution is -2.31. The van der Waals surface area contributed by atoms with Crippen LogP contribution in [-0.2, 0) is 0 Å². The van der Waals surface area contributed by atoms with Gasteiger partial charge >= 0.3 is 0 Å². The van der Waals surface area contributed by atoms with E-state index in [4.69, 9.17) is 9.72 Å². The van der Waals surface area contributed by atoms with Crippen molar-refractivity contribution < 1.29 is 9.84 Å². The van der Waals surface area contributed by atoms with Crippen LogP contribution >= 0.6 is 0 Å². The molecule has 208 valence electrons. The number of aromatic nitrogens is 1. The minimum Gasteiger partial charge on any atom is -0.497 e. The van der Waals surface area contributed by atoms with E-state index < -0.39 is 6.10 Å². The van der Waals surface area contributed by atoms with Crippen molar-refractivity contribution in [2.75, 3.05) is 26.7 Å². The average Bonchev–Trinajstić information content (AvgIpc) is 2.95. The van der Waals surface area contributed by atoms with Crippen molar-refractivity contribution in [3.63, 3.8) is 0 Å². The number of methoxy groups -OCH3 is 1. The molecule has 0 saturated heterocycles. The summed E-state index contributed by atoms with van der Waals surface area (Å²) in [5.41, 5.74) is 3.79. The van der Waals surface area contributed by atoms with E-state index >= 15 is 0 Å². The summed E-state index contributed by atoms with van der Waals surface area (Å²) in [7, 11) is 1.69. The standard InChI is InChI=1S/C34H50N2O2/c1-4-6-8-10-12-17-23-36(24-18-13-11-9-7-5-2)27-34(37)31-26-33(28-19-15-14-16-20-28)35-32-22-21-29(38-3)25-30(31)32/h14-16,19-22,25-26,34,37H,4-13,17-18,23-24,27H2,1-3H3/t34-/m1/s1. The van der Waals surface area contributed by atoms with Gasteiger partial charge in [0, 0.05) is 17.5 Å². The Labute approximate surface area is 231 Å². The van der Waals surface area contributed by atoms with Crippen LogP contribution in [-0.4, -0.2) is 41.7 Å². The topological polar surface area (TPSA) is 45.6 Å². The molecule has 1 aromatic heterocycles. The van der Waals surface area contributed by atoms with E-state index in [1.807, 2.05) is 36.4 Å². The van der Waals surface area contributed by atoms with Gasteiger partial charge in [-0.3, -0.25) is 0 Å². The van der Waals surface area contributed by atoms with Gasteiger partial charge < -0.3 is 14.7 Å². The van der Waals surface area contributed by atoms with E-state index in [-0.39, 0.29) is 0 Å². The minimum atomic E-state index is -0.588. The Kier molecular flexibility index (Phi) is 13.6. The lowest BCUT2D eigenvalue weighted by Gasteiger charge is -2.26. The van der Waals surface area contributed by atoms with Gasteiger partial charge in [0.05, 0.1) is 24.4 Å². The molecule has 0 radical (unpaired) electrons. The molecule has 3 rings (SSSR count). The Morgan fingerprint density at radius 1 is 0.763 bits per heavy atom. The van der Waals surface area contributed by atoms with Crippen molar-refractivity contribution >= 4 is 10.9 Å². The molecule has 0 spiro atoms. The van der Waals surface area contributed by atoms with Gasteiger partial charge in [-0.05, 0) is 55.8 Å². The zero-order valence-electron chi connectivity index (χ0n) is 24.1. The Bertz CT molecular complexity index is 1040. The fraction of sp³-hybridized carbons (Fsp3) is 0.559. The molecule has 38 heavy (non-hydrogen) atoms. The number of rotatable bonds is 19. The first kappa shape index (κ1) is 30.1. The van der Waals surface area contributed by atoms with Crippen LogP contribution in [0.5, 0.6) is 5.75 Å². The number of aliphatic hydroxyl groups excluding tert-OH is 1. The van der Waals surface area contributed by atoms with E-state index in [0.29, 0.717) is 6.54 Å². The molecule has 1 atom stereocenters. The first-order chi connectivity index (χ1) is 18.7. The number of ether oxygens (including phenoxy) is 1. The molecule has 0 amide bonds. The second kappa shape index (κ2) is 17.2. The SMILES string of the molecule is CCCCCCCCN(CCCCCCCC)C[C@@H](O)c1cc(-c2ccccc2)nc2ccc(OC)cc12. The zero-order chi connectivity index (χ0) is 27.0. The average molecular weight is 519 g/mol. The Hall–Kier alpha value is -2.43. The van der Waals surface area contributed by atoms with Crippen LogP contribution in [0, 0.1) is 0 Å². The summed E-state index contributed by atoms with van der Waals surface area (Å²) in [4.78, 5) is 7.43. The molecule has 4 heteroatoms. The lowest BCUT2D eigenvalue weighted by molar-refractivity contribution is 0.111. The monoisotopic (exact) mass is 518 g/mol. The molecule has 1 N–H and O–H groups in total. The summed E-state index contributed by atoms with van der Waals surface area (Å²) in [5.74, 6) is 0.788. The minimum absolute atomic E-state index is 0.588. The van der Waals surface area contributed by atoms with Gasteiger partial charge in [0.2, 0.25) is 0 Å². The van der Waals surface area contributed by atoms with Crippen LogP contribution in [0.1, 0.15) is 103 Å². The first-order valence-corrected chi connectivity index (χ1v) is 15.1. The molecule has 0 unspecified atom stereocenters. The second-order valence-electron chi connectivity index (χ2n) is 10.7. The fourth-order valence-electron chi connectivity index (χ4n) is 5.26. The largest absolute Gasteiger partial charge is 0.497 e. The summed E-state index contributed by atoms with van der Waals surface area (Å²) in [5, 5.41) is 12.6. The Morgan fingerprint density at radius 3 is 1.97 bits per heavy atom. The number of aliphatic hydroxyl groups is 1. The number of pyridine rings is 1. The van der Waals surface area contributed by atoms with Crippen LogP contribution in [0.25, 0.3) is 22.2 Å². The fourth-order valence-corrected chi connectivity index (χ4v) is 5.26. The molecule has 0 aliphatic carbocycles. The number of unbranched alkanes of at least 4 members (excludes halogenated alkanes) is 10. The highest BCUT2D eigenvalue weighted by molar-refractivity contribution is 5.86. The highest BCUT2D eigenvalue weighted by Gasteiger charge is 2.19. The van der Waals surface area contributed by atoms with Gasteiger partial charge in [0.1, 0.15) is 5.75 Å². The smallest absolute Gasteiger partial charge is 0.119 e. The van der Waals surface area contributed by atoms with Gasteiger partial charge in [-0.1, -0.05) is 108 Å². The summed E-state index contributed by atoms with van der Waals surface area (Å²) in [6.07, 6.45) is 14.9. The predicted molar refractivity (Wildman–Crippen MR) is 162 cm³/mol. The van der Waals surface area contributed by atoms with E-state index in [1.54, 1.807) is 7.11 Å². The number of hydrogen-bond donors (Lipinski definition) is 1. The molecule has 0 aliphatic heterocycles. The number of nitrogens with zero attached hydrogens (tertiary/aromatic N) is 2. The normalized spacial score (nSPS) is 12.3. The van der Waals surface area contributed by atoms with Crippen LogP contribution in [0.3, 0.4) is 0 Å². The number of benzene rings is 2. The molecular formula is C34H50N2O2. The summed E-state index contributed by atoms with van der Waals surface area (Å²) < 4.78 is 5.52. The summed E-state index contributed by atoms with van der Waals surface area (Å²) in [6, 6.07) is 18.3. The molecule has 0 bridgehead atoms. The first-order valence-electron chi connectivity index (χ1n) is 15.1. The van der Waals surface area contributed by atoms with Crippen molar-refractivity contribution in [1.82, 2.24) is 9.88 Å². The molecule has 1 heterocycles. The quantitative estimate of drug-likeness (QED) is 0.161. The molecular weight excluding hydrogens is 468 g/mol. The molecule has 3 aromatic rings. The van der Waals surface area contributed by atoms with Crippen molar-refractivity contribution in [1.29, 1.82) is 0 Å². The molecule has 0 fully saturated rings. The van der Waals surface area contributed by atoms with Gasteiger partial charge in [0.25, 0.3) is 0 Å².